The van der Waals surface area contributed by atoms with Crippen LogP contribution in [0.2, 0.25) is 0 Å². The first-order valence-electron chi connectivity index (χ1n) is 11.6. The molecular formula is C31H27F3O. The second-order valence-electron chi connectivity index (χ2n) is 8.54. The number of rotatable bonds is 9. The Labute approximate surface area is 204 Å². The van der Waals surface area contributed by atoms with Crippen LogP contribution in [0.1, 0.15) is 23.1 Å². The molecule has 0 N–H and O–H groups in total. The SMILES string of the molecule is C=CCCOc1ccc(CCc2ccc(-c3ccc(-c4ccc(C)cc4)c(F)c3F)cc2)cc1F. The van der Waals surface area contributed by atoms with Gasteiger partial charge in [-0.15, -0.1) is 6.58 Å². The maximum absolute atomic E-state index is 14.9. The minimum atomic E-state index is -0.860. The molecule has 1 nitrogen and oxygen atoms in total. The second kappa shape index (κ2) is 11.1. The average Bonchev–Trinajstić information content (AvgIpc) is 2.87. The molecule has 0 spiro atoms. The summed E-state index contributed by atoms with van der Waals surface area (Å²) >= 11 is 0. The normalized spacial score (nSPS) is 10.9. The van der Waals surface area contributed by atoms with Crippen molar-refractivity contribution < 1.29 is 17.9 Å². The summed E-state index contributed by atoms with van der Waals surface area (Å²) < 4.78 is 49.4. The lowest BCUT2D eigenvalue weighted by molar-refractivity contribution is 0.308. The third-order valence-corrected chi connectivity index (χ3v) is 5.99. The van der Waals surface area contributed by atoms with Crippen molar-refractivity contribution in [1.29, 1.82) is 0 Å². The van der Waals surface area contributed by atoms with Gasteiger partial charge in [-0.25, -0.2) is 13.2 Å². The molecule has 0 amide bonds. The number of ether oxygens (including phenoxy) is 1. The molecule has 0 aromatic heterocycles. The average molecular weight is 473 g/mol. The number of benzene rings is 4. The van der Waals surface area contributed by atoms with Crippen LogP contribution < -0.4 is 4.74 Å². The van der Waals surface area contributed by atoms with Gasteiger partial charge in [-0.2, -0.15) is 0 Å². The summed E-state index contributed by atoms with van der Waals surface area (Å²) in [7, 11) is 0. The maximum Gasteiger partial charge on any atom is 0.167 e. The fourth-order valence-electron chi connectivity index (χ4n) is 3.94. The van der Waals surface area contributed by atoms with E-state index in [0.29, 0.717) is 37.0 Å². The lowest BCUT2D eigenvalue weighted by Crippen LogP contribution is -1.99. The summed E-state index contributed by atoms with van der Waals surface area (Å²) in [6.45, 7) is 5.96. The van der Waals surface area contributed by atoms with Crippen LogP contribution >= 0.6 is 0 Å². The van der Waals surface area contributed by atoms with Crippen molar-refractivity contribution in [1.82, 2.24) is 0 Å². The molecule has 0 unspecified atom stereocenters. The molecule has 0 radical (unpaired) electrons. The zero-order valence-electron chi connectivity index (χ0n) is 19.7. The topological polar surface area (TPSA) is 9.23 Å². The monoisotopic (exact) mass is 472 g/mol. The van der Waals surface area contributed by atoms with Gasteiger partial charge < -0.3 is 4.74 Å². The highest BCUT2D eigenvalue weighted by Gasteiger charge is 2.16. The quantitative estimate of drug-likeness (QED) is 0.175. The molecule has 0 aliphatic carbocycles. The van der Waals surface area contributed by atoms with Crippen molar-refractivity contribution in [2.45, 2.75) is 26.2 Å². The standard InChI is InChI=1S/C31H27F3O/c1-3-4-19-35-29-18-11-23(20-28(29)32)8-7-22-9-14-25(15-10-22)27-17-16-26(30(33)31(27)34)24-12-5-21(2)6-13-24/h3,5-6,9-18,20H,1,4,7-8,19H2,2H3. The number of halogens is 3. The first kappa shape index (κ1) is 24.3. The molecule has 4 rings (SSSR count). The van der Waals surface area contributed by atoms with Crippen LogP contribution in [0.25, 0.3) is 22.3 Å². The van der Waals surface area contributed by atoms with Crippen molar-refractivity contribution >= 4 is 0 Å². The molecule has 0 aliphatic heterocycles. The van der Waals surface area contributed by atoms with Gasteiger partial charge in [0.25, 0.3) is 0 Å². The van der Waals surface area contributed by atoms with Crippen LogP contribution in [0.3, 0.4) is 0 Å². The van der Waals surface area contributed by atoms with Gasteiger partial charge in [0.05, 0.1) is 6.61 Å². The van der Waals surface area contributed by atoms with Crippen molar-refractivity contribution in [3.05, 3.63) is 126 Å². The number of aryl methyl sites for hydroxylation is 3. The number of hydrogen-bond donors (Lipinski definition) is 0. The van der Waals surface area contributed by atoms with E-state index in [1.165, 1.54) is 6.07 Å². The van der Waals surface area contributed by atoms with Crippen LogP contribution in [-0.2, 0) is 12.8 Å². The van der Waals surface area contributed by atoms with Gasteiger partial charge in [-0.3, -0.25) is 0 Å². The number of hydrogen-bond acceptors (Lipinski definition) is 1. The van der Waals surface area contributed by atoms with E-state index in [4.69, 9.17) is 4.74 Å². The highest BCUT2D eigenvalue weighted by molar-refractivity contribution is 5.72. The van der Waals surface area contributed by atoms with E-state index in [0.717, 1.165) is 16.7 Å². The first-order valence-corrected chi connectivity index (χ1v) is 11.6. The lowest BCUT2D eigenvalue weighted by Gasteiger charge is -2.11. The molecule has 4 heteroatoms. The zero-order chi connectivity index (χ0) is 24.8. The third kappa shape index (κ3) is 5.83. The molecule has 0 fully saturated rings. The van der Waals surface area contributed by atoms with Crippen molar-refractivity contribution in [3.8, 4) is 28.0 Å². The van der Waals surface area contributed by atoms with E-state index in [2.05, 4.69) is 6.58 Å². The Morgan fingerprint density at radius 3 is 1.83 bits per heavy atom. The minimum Gasteiger partial charge on any atom is -0.490 e. The molecule has 0 aliphatic rings. The molecule has 0 atom stereocenters. The highest BCUT2D eigenvalue weighted by Crippen LogP contribution is 2.32. The van der Waals surface area contributed by atoms with Crippen LogP contribution in [0, 0.1) is 24.4 Å². The Hall–Kier alpha value is -3.79. The van der Waals surface area contributed by atoms with Gasteiger partial charge in [0, 0.05) is 11.1 Å². The second-order valence-corrected chi connectivity index (χ2v) is 8.54. The summed E-state index contributed by atoms with van der Waals surface area (Å²) in [5.41, 5.74) is 4.66. The minimum absolute atomic E-state index is 0.221. The van der Waals surface area contributed by atoms with E-state index >= 15 is 0 Å². The molecule has 0 saturated carbocycles. The molecule has 0 heterocycles. The molecule has 35 heavy (non-hydrogen) atoms. The molecular weight excluding hydrogens is 445 g/mol. The molecule has 0 saturated heterocycles. The molecule has 178 valence electrons. The predicted molar refractivity (Wildman–Crippen MR) is 136 cm³/mol. The van der Waals surface area contributed by atoms with E-state index < -0.39 is 11.6 Å². The summed E-state index contributed by atoms with van der Waals surface area (Å²) in [5, 5.41) is 0. The Kier molecular flexibility index (Phi) is 7.71. The highest BCUT2D eigenvalue weighted by atomic mass is 19.2. The van der Waals surface area contributed by atoms with Crippen LogP contribution in [-0.4, -0.2) is 6.61 Å². The van der Waals surface area contributed by atoms with Gasteiger partial charge in [0.1, 0.15) is 0 Å². The van der Waals surface area contributed by atoms with Crippen LogP contribution in [0.4, 0.5) is 13.2 Å². The van der Waals surface area contributed by atoms with Crippen molar-refractivity contribution in [3.63, 3.8) is 0 Å². The van der Waals surface area contributed by atoms with E-state index in [1.807, 2.05) is 37.3 Å². The van der Waals surface area contributed by atoms with Gasteiger partial charge in [0.15, 0.2) is 23.2 Å². The molecule has 4 aromatic rings. The Balaban J connectivity index is 1.43. The van der Waals surface area contributed by atoms with E-state index in [-0.39, 0.29) is 22.7 Å². The zero-order valence-corrected chi connectivity index (χ0v) is 19.7. The van der Waals surface area contributed by atoms with E-state index in [1.54, 1.807) is 48.5 Å². The van der Waals surface area contributed by atoms with Crippen molar-refractivity contribution in [2.75, 3.05) is 6.61 Å². The summed E-state index contributed by atoms with van der Waals surface area (Å²) in [6, 6.07) is 22.9. The lowest BCUT2D eigenvalue weighted by atomic mass is 9.97. The van der Waals surface area contributed by atoms with Crippen LogP contribution in [0.5, 0.6) is 5.75 Å². The largest absolute Gasteiger partial charge is 0.490 e. The van der Waals surface area contributed by atoms with Gasteiger partial charge in [-0.1, -0.05) is 78.4 Å². The third-order valence-electron chi connectivity index (χ3n) is 5.99. The molecule has 0 bridgehead atoms. The van der Waals surface area contributed by atoms with E-state index in [9.17, 15) is 13.2 Å². The maximum atomic E-state index is 14.9. The Morgan fingerprint density at radius 1 is 0.714 bits per heavy atom. The summed E-state index contributed by atoms with van der Waals surface area (Å²) in [4.78, 5) is 0. The predicted octanol–water partition coefficient (Wildman–Crippen LogP) is 8.49. The fourth-order valence-corrected chi connectivity index (χ4v) is 3.94. The van der Waals surface area contributed by atoms with Gasteiger partial charge in [0.2, 0.25) is 0 Å². The first-order chi connectivity index (χ1) is 17.0. The summed E-state index contributed by atoms with van der Waals surface area (Å²) in [5.74, 6) is -1.85. The van der Waals surface area contributed by atoms with Gasteiger partial charge >= 0.3 is 0 Å². The summed E-state index contributed by atoms with van der Waals surface area (Å²) in [6.07, 6.45) is 3.73. The Bertz CT molecular complexity index is 1310. The fraction of sp³-hybridized carbons (Fsp3) is 0.161. The van der Waals surface area contributed by atoms with Crippen LogP contribution in [0.15, 0.2) is 91.5 Å². The Morgan fingerprint density at radius 2 is 1.26 bits per heavy atom. The molecule has 4 aromatic carbocycles. The van der Waals surface area contributed by atoms with Gasteiger partial charge in [-0.05, 0) is 60.6 Å². The van der Waals surface area contributed by atoms with Crippen molar-refractivity contribution in [2.24, 2.45) is 0 Å². The smallest absolute Gasteiger partial charge is 0.167 e.